The van der Waals surface area contributed by atoms with Crippen molar-refractivity contribution in [1.29, 1.82) is 0 Å². The molecule has 2 fully saturated rings. The number of carbonyl (C=O) groups excluding carboxylic acids is 2. The Hall–Kier alpha value is -3.01. The Bertz CT molecular complexity index is 1190. The highest BCUT2D eigenvalue weighted by Gasteiger charge is 2.52. The van der Waals surface area contributed by atoms with Crippen LogP contribution >= 0.6 is 0 Å². The van der Waals surface area contributed by atoms with Gasteiger partial charge in [-0.15, -0.1) is 0 Å². The summed E-state index contributed by atoms with van der Waals surface area (Å²) in [7, 11) is 1.17. The molecule has 0 saturated carbocycles. The first-order valence-electron chi connectivity index (χ1n) is 12.1. The van der Waals surface area contributed by atoms with Crippen molar-refractivity contribution >= 4 is 17.8 Å². The Labute approximate surface area is 233 Å². The van der Waals surface area contributed by atoms with Crippen LogP contribution in [-0.4, -0.2) is 130 Å². The van der Waals surface area contributed by atoms with E-state index in [0.717, 1.165) is 6.92 Å². The molecular weight excluding hydrogens is 588 g/mol. The van der Waals surface area contributed by atoms with Gasteiger partial charge in [0.25, 0.3) is 5.91 Å². The molecule has 0 unspecified atom stereocenters. The number of aliphatic hydroxyl groups excluding tert-OH is 5. The summed E-state index contributed by atoms with van der Waals surface area (Å²) >= 11 is 0. The van der Waals surface area contributed by atoms with Crippen LogP contribution in [0.4, 0.5) is 17.6 Å². The fourth-order valence-electron chi connectivity index (χ4n) is 4.62. The number of carboxylic acid groups (broad SMARTS) is 1. The molecule has 42 heavy (non-hydrogen) atoms. The molecule has 0 aromatic heterocycles. The first kappa shape index (κ1) is 33.5. The molecule has 0 spiro atoms. The van der Waals surface area contributed by atoms with E-state index in [1.54, 1.807) is 5.32 Å². The Morgan fingerprint density at radius 2 is 1.33 bits per heavy atom. The highest BCUT2D eigenvalue weighted by atomic mass is 19.2. The SMILES string of the molecule is CO[C@H]1O[C@H](CO)[C@@H](O[C@@H]2O[C@H](CO)[C@H](O)[C@@H](NC(=O)c3c(F)c(F)c(F)c(F)c3C(=O)O)[C@H]2O)[C@H](O)[C@@H]1NC(C)=O. The standard InChI is InChI=1S/C23H28F4N2O13/c1-5(32)28-15-17(34)19(7(4-31)41-22(15)39-2)42-23-18(35)14(16(33)6(3-30)40-23)29-20(36)8-9(21(37)38)11(25)13(27)12(26)10(8)24/h6-7,14-19,22-23,30-31,33-35H,3-4H2,1-2H3,(H,28,32)(H,29,36)(H,37,38)/t6-,7-,14-,15+,16+,17-,18-,19-,22+,23+/m1/s1. The third-order valence-electron chi connectivity index (χ3n) is 6.64. The summed E-state index contributed by atoms with van der Waals surface area (Å²) in [5.74, 6) is -14.7. The number of amides is 2. The maximum atomic E-state index is 14.5. The molecule has 2 amide bonds. The third kappa shape index (κ3) is 6.33. The lowest BCUT2D eigenvalue weighted by Gasteiger charge is -2.47. The molecule has 19 heteroatoms. The largest absolute Gasteiger partial charge is 0.478 e. The van der Waals surface area contributed by atoms with E-state index < -0.39 is 127 Å². The molecule has 0 aliphatic carbocycles. The first-order valence-corrected chi connectivity index (χ1v) is 12.1. The summed E-state index contributed by atoms with van der Waals surface area (Å²) in [6.07, 6.45) is -14.0. The molecule has 1 aromatic carbocycles. The van der Waals surface area contributed by atoms with Gasteiger partial charge in [0.2, 0.25) is 5.91 Å². The zero-order chi connectivity index (χ0) is 31.6. The van der Waals surface area contributed by atoms with Crippen LogP contribution in [0.5, 0.6) is 0 Å². The summed E-state index contributed by atoms with van der Waals surface area (Å²) in [4.78, 5) is 35.9. The Balaban J connectivity index is 1.94. The molecule has 10 atom stereocenters. The lowest BCUT2D eigenvalue weighted by atomic mass is 9.94. The number of carbonyl (C=O) groups is 3. The minimum Gasteiger partial charge on any atom is -0.478 e. The van der Waals surface area contributed by atoms with Crippen LogP contribution in [0.3, 0.4) is 0 Å². The van der Waals surface area contributed by atoms with Crippen LogP contribution < -0.4 is 10.6 Å². The summed E-state index contributed by atoms with van der Waals surface area (Å²) in [5, 5.41) is 65.1. The molecular formula is C23H28F4N2O13. The van der Waals surface area contributed by atoms with Gasteiger partial charge in [-0.3, -0.25) is 9.59 Å². The van der Waals surface area contributed by atoms with Gasteiger partial charge in [0.05, 0.1) is 24.8 Å². The first-order chi connectivity index (χ1) is 19.7. The molecule has 0 radical (unpaired) electrons. The van der Waals surface area contributed by atoms with E-state index in [4.69, 9.17) is 18.9 Å². The van der Waals surface area contributed by atoms with E-state index in [9.17, 15) is 62.6 Å². The number of methoxy groups -OCH3 is 1. The Morgan fingerprint density at radius 3 is 1.83 bits per heavy atom. The van der Waals surface area contributed by atoms with Crippen molar-refractivity contribution in [3.05, 3.63) is 34.4 Å². The van der Waals surface area contributed by atoms with Crippen LogP contribution in [0.1, 0.15) is 27.6 Å². The van der Waals surface area contributed by atoms with Crippen molar-refractivity contribution in [3.8, 4) is 0 Å². The minimum atomic E-state index is -2.52. The van der Waals surface area contributed by atoms with E-state index in [1.165, 1.54) is 7.11 Å². The number of rotatable bonds is 9. The van der Waals surface area contributed by atoms with Crippen molar-refractivity contribution in [1.82, 2.24) is 10.6 Å². The van der Waals surface area contributed by atoms with Gasteiger partial charge in [-0.25, -0.2) is 22.4 Å². The molecule has 0 bridgehead atoms. The maximum absolute atomic E-state index is 14.5. The topological polar surface area (TPSA) is 234 Å². The maximum Gasteiger partial charge on any atom is 0.339 e. The van der Waals surface area contributed by atoms with E-state index in [1.807, 2.05) is 0 Å². The number of benzene rings is 1. The molecule has 15 nitrogen and oxygen atoms in total. The van der Waals surface area contributed by atoms with Gasteiger partial charge in [-0.1, -0.05) is 0 Å². The molecule has 2 aliphatic rings. The monoisotopic (exact) mass is 616 g/mol. The number of aliphatic hydroxyl groups is 5. The molecule has 2 aliphatic heterocycles. The van der Waals surface area contributed by atoms with Crippen molar-refractivity contribution in [2.24, 2.45) is 0 Å². The lowest BCUT2D eigenvalue weighted by Crippen LogP contribution is -2.69. The van der Waals surface area contributed by atoms with Gasteiger partial charge in [0, 0.05) is 14.0 Å². The zero-order valence-corrected chi connectivity index (χ0v) is 21.7. The quantitative estimate of drug-likeness (QED) is 0.0791. The average Bonchev–Trinajstić information content (AvgIpc) is 2.94. The number of halogens is 4. The van der Waals surface area contributed by atoms with E-state index in [2.05, 4.69) is 5.32 Å². The number of aromatic carboxylic acids is 1. The van der Waals surface area contributed by atoms with Crippen molar-refractivity contribution < 1.29 is 81.5 Å². The fourth-order valence-corrected chi connectivity index (χ4v) is 4.62. The second-order valence-corrected chi connectivity index (χ2v) is 9.30. The number of hydrogen-bond donors (Lipinski definition) is 8. The normalized spacial score (nSPS) is 33.2. The van der Waals surface area contributed by atoms with E-state index >= 15 is 0 Å². The van der Waals surface area contributed by atoms with Crippen molar-refractivity contribution in [3.63, 3.8) is 0 Å². The van der Waals surface area contributed by atoms with Crippen LogP contribution in [-0.2, 0) is 23.7 Å². The van der Waals surface area contributed by atoms with Crippen LogP contribution in [0.25, 0.3) is 0 Å². The molecule has 1 aromatic rings. The third-order valence-corrected chi connectivity index (χ3v) is 6.64. The summed E-state index contributed by atoms with van der Waals surface area (Å²) in [5.41, 5.74) is -3.71. The zero-order valence-electron chi connectivity index (χ0n) is 21.7. The van der Waals surface area contributed by atoms with Gasteiger partial charge in [-0.2, -0.15) is 0 Å². The van der Waals surface area contributed by atoms with Crippen LogP contribution in [0.15, 0.2) is 0 Å². The smallest absolute Gasteiger partial charge is 0.339 e. The highest BCUT2D eigenvalue weighted by molar-refractivity contribution is 6.05. The van der Waals surface area contributed by atoms with Gasteiger partial charge in [0.1, 0.15) is 48.2 Å². The highest BCUT2D eigenvalue weighted by Crippen LogP contribution is 2.30. The van der Waals surface area contributed by atoms with Crippen molar-refractivity contribution in [2.75, 3.05) is 20.3 Å². The number of carboxylic acids is 1. The summed E-state index contributed by atoms with van der Waals surface area (Å²) < 4.78 is 77.6. The van der Waals surface area contributed by atoms with Crippen LogP contribution in [0, 0.1) is 23.3 Å². The Morgan fingerprint density at radius 1 is 0.786 bits per heavy atom. The minimum absolute atomic E-state index is 0.632. The molecule has 8 N–H and O–H groups in total. The molecule has 236 valence electrons. The van der Waals surface area contributed by atoms with Gasteiger partial charge < -0.3 is 60.2 Å². The summed E-state index contributed by atoms with van der Waals surface area (Å²) in [6, 6.07) is -3.34. The number of ether oxygens (including phenoxy) is 4. The Kier molecular flexibility index (Phi) is 10.8. The number of nitrogens with one attached hydrogen (secondary N) is 2. The molecule has 2 heterocycles. The van der Waals surface area contributed by atoms with E-state index in [-0.39, 0.29) is 0 Å². The predicted molar refractivity (Wildman–Crippen MR) is 123 cm³/mol. The van der Waals surface area contributed by atoms with Crippen LogP contribution in [0.2, 0.25) is 0 Å². The van der Waals surface area contributed by atoms with Gasteiger partial charge in [-0.05, 0) is 0 Å². The van der Waals surface area contributed by atoms with Gasteiger partial charge in [0.15, 0.2) is 35.8 Å². The second-order valence-electron chi connectivity index (χ2n) is 9.30. The van der Waals surface area contributed by atoms with Gasteiger partial charge >= 0.3 is 5.97 Å². The molecule has 3 rings (SSSR count). The average molecular weight is 616 g/mol. The summed E-state index contributed by atoms with van der Waals surface area (Å²) in [6.45, 7) is -0.718. The van der Waals surface area contributed by atoms with Crippen molar-refractivity contribution in [2.45, 2.75) is 68.2 Å². The lowest BCUT2D eigenvalue weighted by molar-refractivity contribution is -0.336. The fraction of sp³-hybridized carbons (Fsp3) is 0.609. The number of hydrogen-bond acceptors (Lipinski definition) is 12. The second kappa shape index (κ2) is 13.5. The molecule has 2 saturated heterocycles. The van der Waals surface area contributed by atoms with E-state index in [0.29, 0.717) is 0 Å². The predicted octanol–water partition coefficient (Wildman–Crippen LogP) is -2.91.